The van der Waals surface area contributed by atoms with Gasteiger partial charge >= 0.3 is 0 Å². The summed E-state index contributed by atoms with van der Waals surface area (Å²) in [5.41, 5.74) is 1.09. The molecule has 16 heavy (non-hydrogen) atoms. The van der Waals surface area contributed by atoms with Crippen molar-refractivity contribution in [3.8, 4) is 5.75 Å². The predicted molar refractivity (Wildman–Crippen MR) is 63.2 cm³/mol. The molecule has 0 radical (unpaired) electrons. The summed E-state index contributed by atoms with van der Waals surface area (Å²) in [6.07, 6.45) is -0.359. The molecule has 86 valence electrons. The second-order valence-electron chi connectivity index (χ2n) is 3.56. The Hall–Kier alpha value is -1.26. The molecule has 2 aliphatic heterocycles. The van der Waals surface area contributed by atoms with Crippen LogP contribution >= 0.6 is 12.4 Å². The Bertz CT molecular complexity index is 409. The van der Waals surface area contributed by atoms with Crippen LogP contribution in [-0.4, -0.2) is 25.2 Å². The zero-order valence-corrected chi connectivity index (χ0v) is 9.50. The number of nitrogens with zero attached hydrogens (tertiary/aromatic N) is 1. The van der Waals surface area contributed by atoms with E-state index in [2.05, 4.69) is 10.3 Å². The number of rotatable bonds is 1. The zero-order chi connectivity index (χ0) is 10.1. The number of fused-ring (bicyclic) bond motifs is 1. The van der Waals surface area contributed by atoms with E-state index in [0.29, 0.717) is 6.61 Å². The van der Waals surface area contributed by atoms with Gasteiger partial charge in [-0.25, -0.2) is 0 Å². The lowest BCUT2D eigenvalue weighted by Gasteiger charge is -2.26. The van der Waals surface area contributed by atoms with E-state index < -0.39 is 0 Å². The quantitative estimate of drug-likeness (QED) is 0.806. The van der Waals surface area contributed by atoms with Gasteiger partial charge in [-0.2, -0.15) is 0 Å². The van der Waals surface area contributed by atoms with Crippen molar-refractivity contribution in [1.29, 1.82) is 0 Å². The average molecular weight is 241 g/mol. The Labute approximate surface area is 100 Å². The summed E-state index contributed by atoms with van der Waals surface area (Å²) < 4.78 is 11.3. The monoisotopic (exact) mass is 240 g/mol. The molecule has 2 aliphatic rings. The van der Waals surface area contributed by atoms with E-state index in [1.165, 1.54) is 0 Å². The van der Waals surface area contributed by atoms with Gasteiger partial charge in [0.1, 0.15) is 5.75 Å². The largest absolute Gasteiger partial charge is 0.457 e. The van der Waals surface area contributed by atoms with Crippen LogP contribution in [0.15, 0.2) is 29.3 Å². The number of aliphatic imine (C=N–C) groups is 1. The second-order valence-corrected chi connectivity index (χ2v) is 3.56. The number of benzene rings is 1. The molecule has 2 heterocycles. The standard InChI is InChI=1S/C11H12N2O2.ClH/c1-2-4-9-8(3-1)7-14-11(15-9)10-12-5-6-13-10;/h1-4,11H,5-7H2,(H,12,13);1H. The van der Waals surface area contributed by atoms with E-state index in [0.717, 1.165) is 30.2 Å². The molecule has 0 bridgehead atoms. The number of nitrogens with one attached hydrogen (secondary N) is 1. The maximum absolute atomic E-state index is 5.70. The molecule has 4 nitrogen and oxygen atoms in total. The minimum atomic E-state index is -0.359. The maximum Gasteiger partial charge on any atom is 0.258 e. The highest BCUT2D eigenvalue weighted by Gasteiger charge is 2.26. The Kier molecular flexibility index (Phi) is 3.31. The first-order valence-electron chi connectivity index (χ1n) is 5.08. The van der Waals surface area contributed by atoms with Crippen molar-refractivity contribution in [3.63, 3.8) is 0 Å². The highest BCUT2D eigenvalue weighted by molar-refractivity contribution is 5.87. The molecule has 3 rings (SSSR count). The molecule has 1 unspecified atom stereocenters. The van der Waals surface area contributed by atoms with E-state index in [4.69, 9.17) is 9.47 Å². The van der Waals surface area contributed by atoms with Gasteiger partial charge in [0.25, 0.3) is 6.29 Å². The molecule has 0 aromatic heterocycles. The van der Waals surface area contributed by atoms with E-state index in [1.54, 1.807) is 0 Å². The molecule has 1 N–H and O–H groups in total. The molecule has 0 aliphatic carbocycles. The Morgan fingerprint density at radius 2 is 2.19 bits per heavy atom. The molecule has 1 aromatic rings. The average Bonchev–Trinajstić information content (AvgIpc) is 2.82. The molecular weight excluding hydrogens is 228 g/mol. The van der Waals surface area contributed by atoms with Gasteiger partial charge in [-0.05, 0) is 6.07 Å². The lowest BCUT2D eigenvalue weighted by Crippen LogP contribution is -2.39. The zero-order valence-electron chi connectivity index (χ0n) is 8.68. The third-order valence-electron chi connectivity index (χ3n) is 2.52. The number of hydrogen-bond donors (Lipinski definition) is 1. The molecule has 0 spiro atoms. The smallest absolute Gasteiger partial charge is 0.258 e. The van der Waals surface area contributed by atoms with E-state index >= 15 is 0 Å². The first kappa shape index (κ1) is 11.2. The van der Waals surface area contributed by atoms with Crippen molar-refractivity contribution in [3.05, 3.63) is 29.8 Å². The van der Waals surface area contributed by atoms with Crippen molar-refractivity contribution < 1.29 is 9.47 Å². The predicted octanol–water partition coefficient (Wildman–Crippen LogP) is 1.35. The summed E-state index contributed by atoms with van der Waals surface area (Å²) in [4.78, 5) is 4.29. The van der Waals surface area contributed by atoms with Crippen LogP contribution in [0.25, 0.3) is 0 Å². The van der Waals surface area contributed by atoms with Gasteiger partial charge in [0.2, 0.25) is 0 Å². The number of hydrogen-bond acceptors (Lipinski definition) is 4. The number of amidine groups is 1. The number of halogens is 1. The third kappa shape index (κ3) is 1.99. The lowest BCUT2D eigenvalue weighted by atomic mass is 10.2. The summed E-state index contributed by atoms with van der Waals surface area (Å²) in [5.74, 6) is 1.70. The highest BCUT2D eigenvalue weighted by Crippen LogP contribution is 2.25. The molecule has 1 atom stereocenters. The van der Waals surface area contributed by atoms with Gasteiger partial charge in [-0.1, -0.05) is 18.2 Å². The normalized spacial score (nSPS) is 22.2. The minimum Gasteiger partial charge on any atom is -0.457 e. The fourth-order valence-electron chi connectivity index (χ4n) is 1.76. The van der Waals surface area contributed by atoms with Crippen molar-refractivity contribution in [2.45, 2.75) is 12.9 Å². The minimum absolute atomic E-state index is 0. The summed E-state index contributed by atoms with van der Waals surface area (Å²) in [6, 6.07) is 7.91. The number of para-hydroxylation sites is 1. The van der Waals surface area contributed by atoms with Gasteiger partial charge in [0.15, 0.2) is 5.84 Å². The van der Waals surface area contributed by atoms with Crippen LogP contribution in [-0.2, 0) is 11.3 Å². The molecule has 0 saturated heterocycles. The summed E-state index contributed by atoms with van der Waals surface area (Å²) in [5, 5.41) is 3.16. The van der Waals surface area contributed by atoms with Crippen LogP contribution in [0.1, 0.15) is 5.56 Å². The van der Waals surface area contributed by atoms with Crippen LogP contribution < -0.4 is 10.1 Å². The van der Waals surface area contributed by atoms with Crippen LogP contribution in [0.4, 0.5) is 0 Å². The van der Waals surface area contributed by atoms with Crippen molar-refractivity contribution in [1.82, 2.24) is 5.32 Å². The van der Waals surface area contributed by atoms with Gasteiger partial charge < -0.3 is 14.8 Å². The lowest BCUT2D eigenvalue weighted by molar-refractivity contribution is -0.0628. The molecule has 0 fully saturated rings. The fourth-order valence-corrected chi connectivity index (χ4v) is 1.76. The van der Waals surface area contributed by atoms with Crippen molar-refractivity contribution >= 4 is 18.2 Å². The third-order valence-corrected chi connectivity index (χ3v) is 2.52. The van der Waals surface area contributed by atoms with Crippen LogP contribution in [0.5, 0.6) is 5.75 Å². The maximum atomic E-state index is 5.70. The highest BCUT2D eigenvalue weighted by atomic mass is 35.5. The topological polar surface area (TPSA) is 42.8 Å². The van der Waals surface area contributed by atoms with Gasteiger partial charge in [0.05, 0.1) is 13.2 Å². The second kappa shape index (κ2) is 4.72. The molecule has 1 aromatic carbocycles. The van der Waals surface area contributed by atoms with Crippen LogP contribution in [0, 0.1) is 0 Å². The van der Waals surface area contributed by atoms with Crippen LogP contribution in [0.3, 0.4) is 0 Å². The molecule has 0 saturated carbocycles. The SMILES string of the molecule is Cl.c1ccc2c(c1)COC(C1=NCCN1)O2. The molecular formula is C11H13ClN2O2. The van der Waals surface area contributed by atoms with E-state index in [1.807, 2.05) is 24.3 Å². The number of ether oxygens (including phenoxy) is 2. The van der Waals surface area contributed by atoms with E-state index in [-0.39, 0.29) is 18.7 Å². The summed E-state index contributed by atoms with van der Waals surface area (Å²) in [6.45, 7) is 2.27. The fraction of sp³-hybridized carbons (Fsp3) is 0.364. The van der Waals surface area contributed by atoms with Crippen LogP contribution in [0.2, 0.25) is 0 Å². The van der Waals surface area contributed by atoms with Crippen molar-refractivity contribution in [2.24, 2.45) is 4.99 Å². The summed E-state index contributed by atoms with van der Waals surface area (Å²) in [7, 11) is 0. The Morgan fingerprint density at radius 3 is 3.00 bits per heavy atom. The van der Waals surface area contributed by atoms with Gasteiger partial charge in [0, 0.05) is 12.1 Å². The van der Waals surface area contributed by atoms with Crippen molar-refractivity contribution in [2.75, 3.05) is 13.1 Å². The molecule has 5 heteroatoms. The Balaban J connectivity index is 0.000000963. The van der Waals surface area contributed by atoms with Gasteiger partial charge in [-0.15, -0.1) is 12.4 Å². The first-order valence-corrected chi connectivity index (χ1v) is 5.08. The van der Waals surface area contributed by atoms with E-state index in [9.17, 15) is 0 Å². The van der Waals surface area contributed by atoms with Gasteiger partial charge in [-0.3, -0.25) is 4.99 Å². The molecule has 0 amide bonds. The summed E-state index contributed by atoms with van der Waals surface area (Å²) >= 11 is 0. The first-order chi connectivity index (χ1) is 7.43. The Morgan fingerprint density at radius 1 is 1.31 bits per heavy atom.